The number of hydrogen-bond acceptors (Lipinski definition) is 3. The maximum Gasteiger partial charge on any atom is 0.416 e. The molecule has 1 aliphatic rings. The van der Waals surface area contributed by atoms with Crippen molar-refractivity contribution in [2.75, 3.05) is 40.5 Å². The van der Waals surface area contributed by atoms with Crippen LogP contribution in [0.15, 0.2) is 29.3 Å². The predicted molar refractivity (Wildman–Crippen MR) is 98.7 cm³/mol. The molecule has 1 aromatic carbocycles. The Bertz CT molecular complexity index is 612. The van der Waals surface area contributed by atoms with Crippen LogP contribution in [0.3, 0.4) is 0 Å². The van der Waals surface area contributed by atoms with Gasteiger partial charge in [0.15, 0.2) is 5.96 Å². The summed E-state index contributed by atoms with van der Waals surface area (Å²) < 4.78 is 49.2. The molecule has 1 heterocycles. The molecular weight excluding hydrogens is 359 g/mol. The monoisotopic (exact) mass is 387 g/mol. The largest absolute Gasteiger partial charge is 0.416 e. The van der Waals surface area contributed by atoms with E-state index in [-0.39, 0.29) is 5.60 Å². The summed E-state index contributed by atoms with van der Waals surface area (Å²) in [4.78, 5) is 6.60. The number of nitrogens with one attached hydrogen (secondary N) is 1. The second-order valence-corrected chi connectivity index (χ2v) is 6.72. The number of methoxy groups -OCH3 is 1. The van der Waals surface area contributed by atoms with E-state index < -0.39 is 11.7 Å². The van der Waals surface area contributed by atoms with Crippen LogP contribution >= 0.6 is 0 Å². The Morgan fingerprint density at radius 1 is 1.26 bits per heavy atom. The van der Waals surface area contributed by atoms with Crippen molar-refractivity contribution in [2.45, 2.75) is 38.1 Å². The number of halogens is 3. The number of nitrogens with zero attached hydrogens (tertiary/aromatic N) is 2. The SMILES string of the molecule is CCNC(=NCC1(OC)CCOCC1)N(C)Cc1ccc(C(F)(F)F)cc1. The molecule has 152 valence electrons. The van der Waals surface area contributed by atoms with Crippen LogP contribution in [-0.4, -0.2) is 56.9 Å². The minimum absolute atomic E-state index is 0.325. The van der Waals surface area contributed by atoms with Gasteiger partial charge in [0, 0.05) is 53.3 Å². The molecule has 1 saturated heterocycles. The third-order valence-corrected chi connectivity index (χ3v) is 4.75. The summed E-state index contributed by atoms with van der Waals surface area (Å²) in [5, 5.41) is 3.23. The van der Waals surface area contributed by atoms with Crippen LogP contribution < -0.4 is 5.32 Å². The molecule has 0 bridgehead atoms. The van der Waals surface area contributed by atoms with Crippen LogP contribution in [0.4, 0.5) is 13.2 Å². The van der Waals surface area contributed by atoms with E-state index in [9.17, 15) is 13.2 Å². The van der Waals surface area contributed by atoms with Crippen molar-refractivity contribution >= 4 is 5.96 Å². The molecule has 1 aliphatic heterocycles. The number of hydrogen-bond donors (Lipinski definition) is 1. The zero-order valence-corrected chi connectivity index (χ0v) is 16.1. The first-order chi connectivity index (χ1) is 12.8. The highest BCUT2D eigenvalue weighted by atomic mass is 19.4. The van der Waals surface area contributed by atoms with Crippen molar-refractivity contribution in [3.05, 3.63) is 35.4 Å². The highest BCUT2D eigenvalue weighted by molar-refractivity contribution is 5.79. The first-order valence-electron chi connectivity index (χ1n) is 9.08. The second kappa shape index (κ2) is 9.41. The average Bonchev–Trinajstić information content (AvgIpc) is 2.65. The first-order valence-corrected chi connectivity index (χ1v) is 9.08. The van der Waals surface area contributed by atoms with Gasteiger partial charge in [0.1, 0.15) is 0 Å². The molecule has 1 N–H and O–H groups in total. The van der Waals surface area contributed by atoms with Gasteiger partial charge >= 0.3 is 6.18 Å². The van der Waals surface area contributed by atoms with Crippen molar-refractivity contribution in [3.63, 3.8) is 0 Å². The maximum atomic E-state index is 12.7. The van der Waals surface area contributed by atoms with Crippen molar-refractivity contribution in [1.29, 1.82) is 0 Å². The molecule has 0 aliphatic carbocycles. The summed E-state index contributed by atoms with van der Waals surface area (Å²) in [6.07, 6.45) is -2.75. The fourth-order valence-corrected chi connectivity index (χ4v) is 3.01. The Kier molecular flexibility index (Phi) is 7.49. The van der Waals surface area contributed by atoms with Gasteiger partial charge in [0.2, 0.25) is 0 Å². The van der Waals surface area contributed by atoms with E-state index >= 15 is 0 Å². The molecule has 27 heavy (non-hydrogen) atoms. The average molecular weight is 387 g/mol. The van der Waals surface area contributed by atoms with E-state index in [2.05, 4.69) is 5.32 Å². The Morgan fingerprint density at radius 2 is 1.89 bits per heavy atom. The third kappa shape index (κ3) is 6.10. The fraction of sp³-hybridized carbons (Fsp3) is 0.632. The molecule has 2 rings (SSSR count). The highest BCUT2D eigenvalue weighted by Crippen LogP contribution is 2.29. The predicted octanol–water partition coefficient (Wildman–Crippen LogP) is 3.30. The van der Waals surface area contributed by atoms with Crippen molar-refractivity contribution < 1.29 is 22.6 Å². The van der Waals surface area contributed by atoms with Gasteiger partial charge in [-0.3, -0.25) is 4.99 Å². The Labute approximate surface area is 158 Å². The Hall–Kier alpha value is -1.80. The zero-order valence-electron chi connectivity index (χ0n) is 16.1. The molecule has 1 fully saturated rings. The minimum atomic E-state index is -4.32. The van der Waals surface area contributed by atoms with Crippen LogP contribution in [-0.2, 0) is 22.2 Å². The number of alkyl halides is 3. The van der Waals surface area contributed by atoms with E-state index in [1.165, 1.54) is 12.1 Å². The molecule has 0 atom stereocenters. The summed E-state index contributed by atoms with van der Waals surface area (Å²) in [6.45, 7) is 4.93. The van der Waals surface area contributed by atoms with E-state index in [1.807, 2.05) is 18.9 Å². The topological polar surface area (TPSA) is 46.1 Å². The maximum absolute atomic E-state index is 12.7. The Morgan fingerprint density at radius 3 is 2.41 bits per heavy atom. The highest BCUT2D eigenvalue weighted by Gasteiger charge is 2.32. The molecule has 0 amide bonds. The normalized spacial score (nSPS) is 17.6. The quantitative estimate of drug-likeness (QED) is 0.601. The molecule has 1 aromatic rings. The van der Waals surface area contributed by atoms with Gasteiger partial charge in [-0.15, -0.1) is 0 Å². The number of rotatable bonds is 6. The lowest BCUT2D eigenvalue weighted by Gasteiger charge is -2.35. The smallest absolute Gasteiger partial charge is 0.381 e. The van der Waals surface area contributed by atoms with E-state index in [0.717, 1.165) is 30.5 Å². The van der Waals surface area contributed by atoms with Crippen LogP contribution in [0.2, 0.25) is 0 Å². The number of benzene rings is 1. The second-order valence-electron chi connectivity index (χ2n) is 6.72. The lowest BCUT2D eigenvalue weighted by atomic mass is 9.94. The molecule has 0 radical (unpaired) electrons. The van der Waals surface area contributed by atoms with Crippen molar-refractivity contribution in [3.8, 4) is 0 Å². The summed E-state index contributed by atoms with van der Waals surface area (Å²) in [7, 11) is 3.56. The molecule has 8 heteroatoms. The van der Waals surface area contributed by atoms with Gasteiger partial charge in [-0.2, -0.15) is 13.2 Å². The van der Waals surface area contributed by atoms with Gasteiger partial charge in [-0.05, 0) is 24.6 Å². The van der Waals surface area contributed by atoms with E-state index in [4.69, 9.17) is 14.5 Å². The van der Waals surface area contributed by atoms with E-state index in [0.29, 0.717) is 38.8 Å². The van der Waals surface area contributed by atoms with Crippen molar-refractivity contribution in [1.82, 2.24) is 10.2 Å². The van der Waals surface area contributed by atoms with Gasteiger partial charge < -0.3 is 19.7 Å². The molecule has 5 nitrogen and oxygen atoms in total. The summed E-state index contributed by atoms with van der Waals surface area (Å²) >= 11 is 0. The van der Waals surface area contributed by atoms with Crippen LogP contribution in [0.1, 0.15) is 30.9 Å². The van der Waals surface area contributed by atoms with Crippen molar-refractivity contribution in [2.24, 2.45) is 4.99 Å². The minimum Gasteiger partial charge on any atom is -0.381 e. The lowest BCUT2D eigenvalue weighted by Crippen LogP contribution is -2.44. The first kappa shape index (κ1) is 21.5. The standard InChI is InChI=1S/C19H28F3N3O2/c1-4-23-17(24-14-18(26-3)9-11-27-12-10-18)25(2)13-15-5-7-16(8-6-15)19(20,21)22/h5-8H,4,9-14H2,1-3H3,(H,23,24). The van der Waals surface area contributed by atoms with Crippen LogP contribution in [0.5, 0.6) is 0 Å². The summed E-state index contributed by atoms with van der Waals surface area (Å²) in [5.41, 5.74) is -0.187. The molecular formula is C19H28F3N3O2. The van der Waals surface area contributed by atoms with Gasteiger partial charge in [-0.1, -0.05) is 12.1 Å². The number of aliphatic imine (C=N–C) groups is 1. The van der Waals surface area contributed by atoms with Crippen LogP contribution in [0.25, 0.3) is 0 Å². The molecule has 0 unspecified atom stereocenters. The zero-order chi connectivity index (χ0) is 19.9. The van der Waals surface area contributed by atoms with Gasteiger partial charge in [0.05, 0.1) is 17.7 Å². The van der Waals surface area contributed by atoms with E-state index in [1.54, 1.807) is 7.11 Å². The van der Waals surface area contributed by atoms with Crippen LogP contribution in [0, 0.1) is 0 Å². The Balaban J connectivity index is 2.06. The molecule has 0 saturated carbocycles. The molecule has 0 spiro atoms. The fourth-order valence-electron chi connectivity index (χ4n) is 3.01. The summed E-state index contributed by atoms with van der Waals surface area (Å²) in [5.74, 6) is 0.695. The number of guanidine groups is 1. The molecule has 0 aromatic heterocycles. The number of ether oxygens (including phenoxy) is 2. The van der Waals surface area contributed by atoms with Gasteiger partial charge in [-0.25, -0.2) is 0 Å². The lowest BCUT2D eigenvalue weighted by molar-refractivity contribution is -0.137. The van der Waals surface area contributed by atoms with Gasteiger partial charge in [0.25, 0.3) is 0 Å². The summed E-state index contributed by atoms with van der Waals surface area (Å²) in [6, 6.07) is 5.21. The third-order valence-electron chi connectivity index (χ3n) is 4.75.